The Morgan fingerprint density at radius 2 is 1.67 bits per heavy atom. The number of nitrogens with one attached hydrogen (secondary N) is 1. The molecule has 0 aliphatic carbocycles. The quantitative estimate of drug-likeness (QED) is 0.317. The summed E-state index contributed by atoms with van der Waals surface area (Å²) in [5.74, 6) is -1.80. The second-order valence-electron chi connectivity index (χ2n) is 10.4. The molecule has 0 radical (unpaired) electrons. The molecule has 3 atom stereocenters. The fraction of sp³-hybridized carbons (Fsp3) is 0.448. The highest BCUT2D eigenvalue weighted by Gasteiger charge is 2.37. The topological polar surface area (TPSA) is 122 Å². The van der Waals surface area contributed by atoms with Crippen molar-refractivity contribution >= 4 is 35.6 Å². The Morgan fingerprint density at radius 1 is 1.03 bits per heavy atom. The van der Waals surface area contributed by atoms with Crippen molar-refractivity contribution in [1.29, 1.82) is 0 Å². The van der Waals surface area contributed by atoms with Crippen LogP contribution in [0.5, 0.6) is 0 Å². The number of thioether (sulfide) groups is 1. The molecule has 9 nitrogen and oxygen atoms in total. The molecule has 2 aromatic rings. The zero-order valence-electron chi connectivity index (χ0n) is 22.5. The Balaban J connectivity index is 1.77. The number of benzene rings is 2. The molecule has 1 fully saturated rings. The van der Waals surface area contributed by atoms with Crippen LogP contribution in [0.15, 0.2) is 60.7 Å². The SMILES string of the molecule is CC(C)(C)C(=O)OCOC(=O)C(CCc1ccccc1)NC1CSCC(c2ccccc2)N(CC(=O)O)C1=O. The Labute approximate surface area is 233 Å². The highest BCUT2D eigenvalue weighted by molar-refractivity contribution is 7.99. The van der Waals surface area contributed by atoms with E-state index in [2.05, 4.69) is 5.32 Å². The predicted octanol–water partition coefficient (Wildman–Crippen LogP) is 3.44. The van der Waals surface area contributed by atoms with Crippen LogP contribution in [-0.2, 0) is 35.1 Å². The molecule has 1 aliphatic heterocycles. The summed E-state index contributed by atoms with van der Waals surface area (Å²) in [6, 6.07) is 16.8. The first-order valence-electron chi connectivity index (χ1n) is 12.8. The van der Waals surface area contributed by atoms with Gasteiger partial charge in [0.1, 0.15) is 12.6 Å². The average Bonchev–Trinajstić information content (AvgIpc) is 3.05. The van der Waals surface area contributed by atoms with Crippen LogP contribution in [0, 0.1) is 5.41 Å². The maximum atomic E-state index is 13.7. The van der Waals surface area contributed by atoms with Gasteiger partial charge in [0.05, 0.1) is 17.5 Å². The fourth-order valence-corrected chi connectivity index (χ4v) is 5.35. The van der Waals surface area contributed by atoms with E-state index in [0.717, 1.165) is 11.1 Å². The zero-order chi connectivity index (χ0) is 28.4. The molecular weight excluding hydrogens is 520 g/mol. The van der Waals surface area contributed by atoms with Crippen LogP contribution in [0.4, 0.5) is 0 Å². The molecule has 210 valence electrons. The number of hydrogen-bond acceptors (Lipinski definition) is 8. The standard InChI is InChI=1S/C29H36N2O7S/c1-29(2,3)28(36)38-19-37-27(35)22(15-14-20-10-6-4-7-11-20)30-23-17-39-18-24(21-12-8-5-9-13-21)31(26(23)34)16-25(32)33/h4-13,22-24,30H,14-19H2,1-3H3,(H,32,33). The van der Waals surface area contributed by atoms with Crippen LogP contribution in [0.1, 0.15) is 44.4 Å². The van der Waals surface area contributed by atoms with E-state index in [1.165, 1.54) is 16.7 Å². The molecule has 1 aliphatic rings. The number of aryl methyl sites for hydroxylation is 1. The summed E-state index contributed by atoms with van der Waals surface area (Å²) in [6.45, 7) is 4.10. The summed E-state index contributed by atoms with van der Waals surface area (Å²) in [7, 11) is 0. The first kappa shape index (κ1) is 30.2. The van der Waals surface area contributed by atoms with Crippen LogP contribution in [-0.4, -0.2) is 70.7 Å². The Kier molecular flexibility index (Phi) is 10.9. The van der Waals surface area contributed by atoms with Crippen molar-refractivity contribution in [2.75, 3.05) is 24.8 Å². The number of ether oxygens (including phenoxy) is 2. The van der Waals surface area contributed by atoms with Gasteiger partial charge in [-0.25, -0.2) is 0 Å². The summed E-state index contributed by atoms with van der Waals surface area (Å²) in [6.07, 6.45) is 0.862. The van der Waals surface area contributed by atoms with Gasteiger partial charge in [-0.3, -0.25) is 24.5 Å². The van der Waals surface area contributed by atoms with Crippen LogP contribution >= 0.6 is 11.8 Å². The lowest BCUT2D eigenvalue weighted by Gasteiger charge is -2.31. The number of aliphatic carboxylic acids is 1. The molecule has 0 bridgehead atoms. The Bertz CT molecular complexity index is 1120. The van der Waals surface area contributed by atoms with Crippen molar-refractivity contribution in [3.63, 3.8) is 0 Å². The van der Waals surface area contributed by atoms with E-state index in [1.54, 1.807) is 20.8 Å². The number of hydrogen-bond donors (Lipinski definition) is 2. The van der Waals surface area contributed by atoms with Gasteiger partial charge in [-0.05, 0) is 44.7 Å². The molecule has 1 heterocycles. The van der Waals surface area contributed by atoms with Crippen molar-refractivity contribution in [3.05, 3.63) is 71.8 Å². The highest BCUT2D eigenvalue weighted by Crippen LogP contribution is 2.30. The predicted molar refractivity (Wildman–Crippen MR) is 148 cm³/mol. The molecule has 10 heteroatoms. The number of rotatable bonds is 11. The molecular formula is C29H36N2O7S. The molecule has 39 heavy (non-hydrogen) atoms. The molecule has 1 amide bonds. The lowest BCUT2D eigenvalue weighted by molar-refractivity contribution is -0.174. The summed E-state index contributed by atoms with van der Waals surface area (Å²) in [5.41, 5.74) is 1.11. The van der Waals surface area contributed by atoms with E-state index < -0.39 is 60.7 Å². The third-order valence-electron chi connectivity index (χ3n) is 6.26. The molecule has 2 N–H and O–H groups in total. The van der Waals surface area contributed by atoms with Crippen LogP contribution < -0.4 is 5.32 Å². The van der Waals surface area contributed by atoms with E-state index in [4.69, 9.17) is 9.47 Å². The minimum atomic E-state index is -1.12. The molecule has 0 aromatic heterocycles. The summed E-state index contributed by atoms with van der Waals surface area (Å²) >= 11 is 1.51. The number of carboxylic acids is 1. The van der Waals surface area contributed by atoms with Gasteiger partial charge in [-0.15, -0.1) is 0 Å². The second kappa shape index (κ2) is 14.1. The molecule has 0 spiro atoms. The number of esters is 2. The summed E-state index contributed by atoms with van der Waals surface area (Å²) < 4.78 is 10.4. The maximum absolute atomic E-state index is 13.7. The normalized spacial score (nSPS) is 18.6. The second-order valence-corrected chi connectivity index (χ2v) is 11.5. The first-order chi connectivity index (χ1) is 18.6. The third kappa shape index (κ3) is 9.11. The molecule has 3 unspecified atom stereocenters. The van der Waals surface area contributed by atoms with Gasteiger partial charge >= 0.3 is 17.9 Å². The van der Waals surface area contributed by atoms with Crippen molar-refractivity contribution in [3.8, 4) is 0 Å². The number of carbonyl (C=O) groups is 4. The summed E-state index contributed by atoms with van der Waals surface area (Å²) in [4.78, 5) is 51.9. The molecule has 3 rings (SSSR count). The van der Waals surface area contributed by atoms with Crippen molar-refractivity contribution in [1.82, 2.24) is 10.2 Å². The largest absolute Gasteiger partial charge is 0.480 e. The lowest BCUT2D eigenvalue weighted by atomic mass is 9.98. The van der Waals surface area contributed by atoms with Crippen LogP contribution in [0.3, 0.4) is 0 Å². The van der Waals surface area contributed by atoms with Crippen LogP contribution in [0.2, 0.25) is 0 Å². The fourth-order valence-electron chi connectivity index (χ4n) is 4.14. The number of nitrogens with zero attached hydrogens (tertiary/aromatic N) is 1. The number of carboxylic acid groups (broad SMARTS) is 1. The van der Waals surface area contributed by atoms with Crippen LogP contribution in [0.25, 0.3) is 0 Å². The number of amides is 1. The van der Waals surface area contributed by atoms with E-state index in [-0.39, 0.29) is 0 Å². The van der Waals surface area contributed by atoms with Crippen molar-refractivity contribution < 1.29 is 33.8 Å². The van der Waals surface area contributed by atoms with Gasteiger partial charge in [-0.1, -0.05) is 60.7 Å². The van der Waals surface area contributed by atoms with Gasteiger partial charge in [0, 0.05) is 11.5 Å². The molecule has 1 saturated heterocycles. The van der Waals surface area contributed by atoms with Crippen molar-refractivity contribution in [2.45, 2.75) is 51.7 Å². The third-order valence-corrected chi connectivity index (χ3v) is 7.38. The molecule has 2 aromatic carbocycles. The van der Waals surface area contributed by atoms with Gasteiger partial charge in [-0.2, -0.15) is 11.8 Å². The lowest BCUT2D eigenvalue weighted by Crippen LogP contribution is -2.54. The van der Waals surface area contributed by atoms with Gasteiger partial charge < -0.3 is 19.5 Å². The van der Waals surface area contributed by atoms with E-state index in [1.807, 2.05) is 60.7 Å². The number of carbonyl (C=O) groups excluding carboxylic acids is 3. The smallest absolute Gasteiger partial charge is 0.326 e. The highest BCUT2D eigenvalue weighted by atomic mass is 32.2. The maximum Gasteiger partial charge on any atom is 0.326 e. The van der Waals surface area contributed by atoms with E-state index in [0.29, 0.717) is 24.3 Å². The first-order valence-corrected chi connectivity index (χ1v) is 14.0. The van der Waals surface area contributed by atoms with E-state index in [9.17, 15) is 24.3 Å². The Hall–Kier alpha value is -3.37. The average molecular weight is 557 g/mol. The minimum absolute atomic E-state index is 0.325. The minimum Gasteiger partial charge on any atom is -0.480 e. The van der Waals surface area contributed by atoms with Gasteiger partial charge in [0.25, 0.3) is 0 Å². The summed E-state index contributed by atoms with van der Waals surface area (Å²) in [5, 5.41) is 12.7. The molecule has 0 saturated carbocycles. The zero-order valence-corrected chi connectivity index (χ0v) is 23.3. The van der Waals surface area contributed by atoms with Crippen molar-refractivity contribution in [2.24, 2.45) is 5.41 Å². The van der Waals surface area contributed by atoms with E-state index >= 15 is 0 Å². The Morgan fingerprint density at radius 3 is 2.28 bits per heavy atom. The monoisotopic (exact) mass is 556 g/mol. The van der Waals surface area contributed by atoms with Gasteiger partial charge in [0.2, 0.25) is 12.7 Å². The van der Waals surface area contributed by atoms with Gasteiger partial charge in [0.15, 0.2) is 0 Å².